The number of hydrogen-bond donors (Lipinski definition) is 0. The first-order chi connectivity index (χ1) is 8.97. The molecule has 1 aliphatic rings. The van der Waals surface area contributed by atoms with E-state index < -0.39 is 0 Å². The van der Waals surface area contributed by atoms with E-state index in [0.717, 1.165) is 29.4 Å². The quantitative estimate of drug-likeness (QED) is 0.851. The first-order valence-corrected chi connectivity index (χ1v) is 7.17. The van der Waals surface area contributed by atoms with Gasteiger partial charge in [0.15, 0.2) is 0 Å². The first kappa shape index (κ1) is 14.5. The average Bonchev–Trinajstić information content (AvgIpc) is 2.75. The maximum absolute atomic E-state index is 13.5. The minimum absolute atomic E-state index is 0.000509. The highest BCUT2D eigenvalue weighted by Gasteiger charge is 2.30. The van der Waals surface area contributed by atoms with Gasteiger partial charge in [-0.15, -0.1) is 0 Å². The van der Waals surface area contributed by atoms with Crippen molar-refractivity contribution in [2.75, 3.05) is 27.2 Å². The van der Waals surface area contributed by atoms with Gasteiger partial charge in [0.05, 0.1) is 12.6 Å². The van der Waals surface area contributed by atoms with E-state index in [4.69, 9.17) is 0 Å². The number of likely N-dealkylation sites (tertiary alicyclic amines) is 1. The summed E-state index contributed by atoms with van der Waals surface area (Å²) < 4.78 is 14.2. The van der Waals surface area contributed by atoms with Crippen LogP contribution in [0.25, 0.3) is 0 Å². The van der Waals surface area contributed by atoms with Crippen LogP contribution < -0.4 is 0 Å². The summed E-state index contributed by atoms with van der Waals surface area (Å²) in [5, 5.41) is 0. The van der Waals surface area contributed by atoms with Crippen molar-refractivity contribution in [2.24, 2.45) is 0 Å². The van der Waals surface area contributed by atoms with E-state index in [1.807, 2.05) is 30.0 Å². The maximum Gasteiger partial charge on any atom is 0.237 e. The molecule has 1 amide bonds. The highest BCUT2D eigenvalue weighted by molar-refractivity contribution is 9.10. The lowest BCUT2D eigenvalue weighted by Gasteiger charge is -2.26. The number of hydrogen-bond acceptors (Lipinski definition) is 2. The van der Waals surface area contributed by atoms with Crippen molar-refractivity contribution in [1.29, 1.82) is 0 Å². The lowest BCUT2D eigenvalue weighted by atomic mass is 10.0. The molecule has 2 rings (SSSR count). The fraction of sp³-hybridized carbons (Fsp3) is 0.500. The van der Waals surface area contributed by atoms with E-state index in [1.165, 1.54) is 12.1 Å². The number of likely N-dealkylation sites (N-methyl/N-ethyl adjacent to an activating group) is 1. The van der Waals surface area contributed by atoms with Gasteiger partial charge >= 0.3 is 0 Å². The Morgan fingerprint density at radius 3 is 2.84 bits per heavy atom. The number of rotatable bonds is 3. The largest absolute Gasteiger partial charge is 0.335 e. The summed E-state index contributed by atoms with van der Waals surface area (Å²) in [6.45, 7) is 1.15. The average molecular weight is 329 g/mol. The summed E-state index contributed by atoms with van der Waals surface area (Å²) in [6, 6.07) is 4.86. The fourth-order valence-electron chi connectivity index (χ4n) is 2.54. The summed E-state index contributed by atoms with van der Waals surface area (Å²) in [7, 11) is 3.75. The van der Waals surface area contributed by atoms with Crippen LogP contribution in [0.1, 0.15) is 24.4 Å². The molecule has 1 aromatic rings. The summed E-state index contributed by atoms with van der Waals surface area (Å²) in [5.74, 6) is -0.163. The Kier molecular flexibility index (Phi) is 4.58. The Morgan fingerprint density at radius 2 is 2.21 bits per heavy atom. The first-order valence-electron chi connectivity index (χ1n) is 6.37. The topological polar surface area (TPSA) is 23.6 Å². The molecule has 1 heterocycles. The van der Waals surface area contributed by atoms with Crippen molar-refractivity contribution in [3.05, 3.63) is 34.1 Å². The summed E-state index contributed by atoms with van der Waals surface area (Å²) in [6.07, 6.45) is 1.87. The third-order valence-electron chi connectivity index (χ3n) is 3.29. The Balaban J connectivity index is 2.20. The lowest BCUT2D eigenvalue weighted by Crippen LogP contribution is -2.37. The van der Waals surface area contributed by atoms with E-state index in [9.17, 15) is 9.18 Å². The minimum atomic E-state index is -0.267. The van der Waals surface area contributed by atoms with Crippen LogP contribution in [0.4, 0.5) is 4.39 Å². The molecule has 1 unspecified atom stereocenters. The predicted octanol–water partition coefficient (Wildman–Crippen LogP) is 2.81. The second-order valence-electron chi connectivity index (χ2n) is 5.19. The van der Waals surface area contributed by atoms with Crippen molar-refractivity contribution in [3.63, 3.8) is 0 Å². The zero-order chi connectivity index (χ0) is 14.0. The Labute approximate surface area is 121 Å². The maximum atomic E-state index is 13.5. The highest BCUT2D eigenvalue weighted by Crippen LogP contribution is 2.33. The second-order valence-corrected chi connectivity index (χ2v) is 6.10. The normalized spacial score (nSPS) is 19.2. The standard InChI is InChI=1S/C14H18BrFN2O/c1-17(2)9-14(19)18-5-3-4-13(18)10-6-11(15)8-12(16)7-10/h6-8,13H,3-5,9H2,1-2H3. The van der Waals surface area contributed by atoms with Gasteiger partial charge in [-0.25, -0.2) is 4.39 Å². The molecule has 1 fully saturated rings. The van der Waals surface area contributed by atoms with Crippen molar-refractivity contribution in [3.8, 4) is 0 Å². The van der Waals surface area contributed by atoms with Gasteiger partial charge in [-0.1, -0.05) is 15.9 Å². The number of carbonyl (C=O) groups is 1. The SMILES string of the molecule is CN(C)CC(=O)N1CCCC1c1cc(F)cc(Br)c1. The molecular formula is C14H18BrFN2O. The molecule has 0 aromatic heterocycles. The van der Waals surface area contributed by atoms with Crippen molar-refractivity contribution < 1.29 is 9.18 Å². The molecule has 1 atom stereocenters. The molecule has 5 heteroatoms. The van der Waals surface area contributed by atoms with Crippen LogP contribution in [-0.4, -0.2) is 42.9 Å². The monoisotopic (exact) mass is 328 g/mol. The molecule has 0 saturated carbocycles. The van der Waals surface area contributed by atoms with Gasteiger partial charge in [0.1, 0.15) is 5.82 Å². The summed E-state index contributed by atoms with van der Waals surface area (Å²) in [4.78, 5) is 15.9. The van der Waals surface area contributed by atoms with Gasteiger partial charge in [0, 0.05) is 11.0 Å². The number of amides is 1. The smallest absolute Gasteiger partial charge is 0.237 e. The van der Waals surface area contributed by atoms with Crippen LogP contribution in [0.2, 0.25) is 0 Å². The fourth-order valence-corrected chi connectivity index (χ4v) is 3.02. The molecule has 19 heavy (non-hydrogen) atoms. The molecule has 104 valence electrons. The Bertz CT molecular complexity index is 458. The van der Waals surface area contributed by atoms with E-state index in [1.54, 1.807) is 0 Å². The van der Waals surface area contributed by atoms with E-state index in [0.29, 0.717) is 6.54 Å². The van der Waals surface area contributed by atoms with Crippen molar-refractivity contribution in [2.45, 2.75) is 18.9 Å². The van der Waals surface area contributed by atoms with Gasteiger partial charge in [0.25, 0.3) is 0 Å². The molecule has 1 aliphatic heterocycles. The van der Waals surface area contributed by atoms with Gasteiger partial charge in [-0.2, -0.15) is 0 Å². The van der Waals surface area contributed by atoms with Crippen LogP contribution in [0.3, 0.4) is 0 Å². The number of benzene rings is 1. The molecule has 0 bridgehead atoms. The second kappa shape index (κ2) is 6.01. The van der Waals surface area contributed by atoms with E-state index in [-0.39, 0.29) is 17.8 Å². The summed E-state index contributed by atoms with van der Waals surface area (Å²) in [5.41, 5.74) is 0.872. The molecule has 3 nitrogen and oxygen atoms in total. The number of nitrogens with zero attached hydrogens (tertiary/aromatic N) is 2. The highest BCUT2D eigenvalue weighted by atomic mass is 79.9. The van der Waals surface area contributed by atoms with Gasteiger partial charge in [-0.3, -0.25) is 4.79 Å². The Morgan fingerprint density at radius 1 is 1.47 bits per heavy atom. The van der Waals surface area contributed by atoms with Crippen LogP contribution >= 0.6 is 15.9 Å². The van der Waals surface area contributed by atoms with Gasteiger partial charge in [-0.05, 0) is 50.7 Å². The van der Waals surface area contributed by atoms with Crippen molar-refractivity contribution in [1.82, 2.24) is 9.80 Å². The molecule has 0 N–H and O–H groups in total. The predicted molar refractivity (Wildman–Crippen MR) is 76.3 cm³/mol. The minimum Gasteiger partial charge on any atom is -0.335 e. The molecule has 0 spiro atoms. The number of halogens is 2. The van der Waals surface area contributed by atoms with Crippen LogP contribution in [0, 0.1) is 5.82 Å². The van der Waals surface area contributed by atoms with Crippen LogP contribution in [0.5, 0.6) is 0 Å². The van der Waals surface area contributed by atoms with Gasteiger partial charge in [0.2, 0.25) is 5.91 Å². The zero-order valence-corrected chi connectivity index (χ0v) is 12.8. The molecular weight excluding hydrogens is 311 g/mol. The van der Waals surface area contributed by atoms with E-state index >= 15 is 0 Å². The van der Waals surface area contributed by atoms with Crippen molar-refractivity contribution >= 4 is 21.8 Å². The van der Waals surface area contributed by atoms with E-state index in [2.05, 4.69) is 15.9 Å². The molecule has 0 aliphatic carbocycles. The lowest BCUT2D eigenvalue weighted by molar-refractivity contribution is -0.132. The molecule has 0 radical (unpaired) electrons. The zero-order valence-electron chi connectivity index (χ0n) is 11.2. The number of carbonyl (C=O) groups excluding carboxylic acids is 1. The summed E-state index contributed by atoms with van der Waals surface area (Å²) >= 11 is 3.31. The third kappa shape index (κ3) is 3.54. The molecule has 1 aromatic carbocycles. The van der Waals surface area contributed by atoms with Crippen LogP contribution in [0.15, 0.2) is 22.7 Å². The Hall–Kier alpha value is -0.940. The van der Waals surface area contributed by atoms with Gasteiger partial charge < -0.3 is 9.80 Å². The molecule has 1 saturated heterocycles. The third-order valence-corrected chi connectivity index (χ3v) is 3.75. The van der Waals surface area contributed by atoms with Crippen LogP contribution in [-0.2, 0) is 4.79 Å².